The number of rotatable bonds is 5. The summed E-state index contributed by atoms with van der Waals surface area (Å²) in [5.74, 6) is -0.784. The van der Waals surface area contributed by atoms with Gasteiger partial charge in [0.25, 0.3) is 11.6 Å². The van der Waals surface area contributed by atoms with Gasteiger partial charge in [0, 0.05) is 42.0 Å². The van der Waals surface area contributed by atoms with Crippen molar-refractivity contribution in [2.24, 2.45) is 11.7 Å². The Morgan fingerprint density at radius 3 is 2.36 bits per heavy atom. The largest absolute Gasteiger partial charge is 0.371 e. The lowest BCUT2D eigenvalue weighted by atomic mass is 9.96. The molecule has 1 aliphatic heterocycles. The maximum Gasteiger partial charge on any atom is 0.288 e. The molecule has 0 spiro atoms. The van der Waals surface area contributed by atoms with Gasteiger partial charge < -0.3 is 16.0 Å². The van der Waals surface area contributed by atoms with Crippen molar-refractivity contribution >= 4 is 40.5 Å². The SMILES string of the molecule is NC(=O)C1CCN(c2ccc(NC(=O)c3ccc(Cl)c([N+](=O)[O-])c3)cc2)CC1. The van der Waals surface area contributed by atoms with Crippen molar-refractivity contribution in [2.45, 2.75) is 12.8 Å². The van der Waals surface area contributed by atoms with Crippen LogP contribution >= 0.6 is 11.6 Å². The Hall–Kier alpha value is -3.13. The lowest BCUT2D eigenvalue weighted by molar-refractivity contribution is -0.384. The highest BCUT2D eigenvalue weighted by molar-refractivity contribution is 6.32. The molecule has 1 aliphatic rings. The Morgan fingerprint density at radius 1 is 1.14 bits per heavy atom. The Kier molecular flexibility index (Phi) is 5.79. The number of nitrogens with zero attached hydrogens (tertiary/aromatic N) is 2. The smallest absolute Gasteiger partial charge is 0.288 e. The van der Waals surface area contributed by atoms with Crippen LogP contribution in [0.25, 0.3) is 0 Å². The van der Waals surface area contributed by atoms with E-state index in [2.05, 4.69) is 10.2 Å². The first-order chi connectivity index (χ1) is 13.3. The normalized spacial score (nSPS) is 14.5. The number of anilines is 2. The van der Waals surface area contributed by atoms with Crippen LogP contribution in [-0.2, 0) is 4.79 Å². The molecule has 1 fully saturated rings. The Labute approximate surface area is 166 Å². The molecule has 2 aromatic rings. The molecule has 0 bridgehead atoms. The number of nitro benzene ring substituents is 1. The van der Waals surface area contributed by atoms with E-state index in [1.807, 2.05) is 12.1 Å². The number of benzene rings is 2. The third kappa shape index (κ3) is 4.40. The van der Waals surface area contributed by atoms with E-state index in [4.69, 9.17) is 17.3 Å². The fourth-order valence-electron chi connectivity index (χ4n) is 3.17. The number of amides is 2. The average Bonchev–Trinajstić information content (AvgIpc) is 2.68. The van der Waals surface area contributed by atoms with E-state index < -0.39 is 10.8 Å². The minimum Gasteiger partial charge on any atom is -0.371 e. The van der Waals surface area contributed by atoms with Crippen molar-refractivity contribution < 1.29 is 14.5 Å². The molecule has 0 radical (unpaired) electrons. The third-order valence-electron chi connectivity index (χ3n) is 4.79. The molecule has 0 saturated carbocycles. The van der Waals surface area contributed by atoms with E-state index in [0.29, 0.717) is 5.69 Å². The number of carbonyl (C=O) groups is 2. The summed E-state index contributed by atoms with van der Waals surface area (Å²) in [6, 6.07) is 11.2. The number of nitrogens with two attached hydrogens (primary N) is 1. The highest BCUT2D eigenvalue weighted by Crippen LogP contribution is 2.27. The van der Waals surface area contributed by atoms with Gasteiger partial charge in [-0.3, -0.25) is 19.7 Å². The fourth-order valence-corrected chi connectivity index (χ4v) is 3.36. The topological polar surface area (TPSA) is 119 Å². The lowest BCUT2D eigenvalue weighted by Crippen LogP contribution is -2.38. The molecule has 0 atom stereocenters. The van der Waals surface area contributed by atoms with E-state index >= 15 is 0 Å². The number of hydrogen-bond donors (Lipinski definition) is 2. The first-order valence-electron chi connectivity index (χ1n) is 8.75. The van der Waals surface area contributed by atoms with Crippen LogP contribution in [0, 0.1) is 16.0 Å². The Morgan fingerprint density at radius 2 is 1.79 bits per heavy atom. The van der Waals surface area contributed by atoms with Crippen LogP contribution in [0.5, 0.6) is 0 Å². The first-order valence-corrected chi connectivity index (χ1v) is 9.12. The van der Waals surface area contributed by atoms with Gasteiger partial charge in [0.05, 0.1) is 4.92 Å². The molecule has 1 saturated heterocycles. The summed E-state index contributed by atoms with van der Waals surface area (Å²) in [6.45, 7) is 1.49. The first kappa shape index (κ1) is 19.6. The maximum absolute atomic E-state index is 12.4. The van der Waals surface area contributed by atoms with Crippen LogP contribution in [0.4, 0.5) is 17.1 Å². The number of nitro groups is 1. The van der Waals surface area contributed by atoms with Crippen molar-refractivity contribution in [3.63, 3.8) is 0 Å². The van der Waals surface area contributed by atoms with Gasteiger partial charge in [-0.25, -0.2) is 0 Å². The zero-order valence-corrected chi connectivity index (χ0v) is 15.7. The molecular formula is C19H19ClN4O4. The van der Waals surface area contributed by atoms with E-state index in [0.717, 1.165) is 37.7 Å². The van der Waals surface area contributed by atoms with E-state index in [1.165, 1.54) is 12.1 Å². The van der Waals surface area contributed by atoms with Gasteiger partial charge in [-0.05, 0) is 49.2 Å². The Balaban J connectivity index is 1.65. The van der Waals surface area contributed by atoms with Crippen LogP contribution in [0.1, 0.15) is 23.2 Å². The average molecular weight is 403 g/mol. The second-order valence-electron chi connectivity index (χ2n) is 6.59. The van der Waals surface area contributed by atoms with Crippen molar-refractivity contribution in [3.8, 4) is 0 Å². The van der Waals surface area contributed by atoms with Gasteiger partial charge >= 0.3 is 0 Å². The summed E-state index contributed by atoms with van der Waals surface area (Å²) < 4.78 is 0. The zero-order valence-electron chi connectivity index (χ0n) is 14.9. The minimum absolute atomic E-state index is 0.0222. The molecule has 8 nitrogen and oxygen atoms in total. The molecule has 3 rings (SSSR count). The molecule has 0 unspecified atom stereocenters. The summed E-state index contributed by atoms with van der Waals surface area (Å²) in [5.41, 5.74) is 6.75. The number of carbonyl (C=O) groups excluding carboxylic acids is 2. The molecule has 9 heteroatoms. The van der Waals surface area contributed by atoms with Gasteiger partial charge in [0.2, 0.25) is 5.91 Å². The third-order valence-corrected chi connectivity index (χ3v) is 5.11. The summed E-state index contributed by atoms with van der Waals surface area (Å²) in [7, 11) is 0. The summed E-state index contributed by atoms with van der Waals surface area (Å²) >= 11 is 5.77. The second-order valence-corrected chi connectivity index (χ2v) is 7.00. The van der Waals surface area contributed by atoms with Crippen molar-refractivity contribution in [3.05, 3.63) is 63.2 Å². The molecule has 2 amide bonds. The van der Waals surface area contributed by atoms with E-state index in [9.17, 15) is 19.7 Å². The summed E-state index contributed by atoms with van der Waals surface area (Å²) in [6.07, 6.45) is 1.45. The predicted molar refractivity (Wildman–Crippen MR) is 107 cm³/mol. The summed E-state index contributed by atoms with van der Waals surface area (Å²) in [5, 5.41) is 13.6. The maximum atomic E-state index is 12.4. The Bertz CT molecular complexity index is 909. The predicted octanol–water partition coefficient (Wildman–Crippen LogP) is 3.20. The zero-order chi connectivity index (χ0) is 20.3. The van der Waals surface area contributed by atoms with Crippen LogP contribution in [0.3, 0.4) is 0 Å². The molecule has 0 aliphatic carbocycles. The van der Waals surface area contributed by atoms with Gasteiger partial charge in [-0.1, -0.05) is 11.6 Å². The molecule has 28 heavy (non-hydrogen) atoms. The van der Waals surface area contributed by atoms with Crippen LogP contribution in [0.15, 0.2) is 42.5 Å². The molecule has 3 N–H and O–H groups in total. The lowest BCUT2D eigenvalue weighted by Gasteiger charge is -2.32. The van der Waals surface area contributed by atoms with Gasteiger partial charge in [0.1, 0.15) is 5.02 Å². The monoisotopic (exact) mass is 402 g/mol. The fraction of sp³-hybridized carbons (Fsp3) is 0.263. The molecule has 0 aromatic heterocycles. The van der Waals surface area contributed by atoms with Gasteiger partial charge in [-0.15, -0.1) is 0 Å². The standard InChI is InChI=1S/C19H19ClN4O4/c20-16-6-1-13(11-17(16)24(27)28)19(26)22-14-2-4-15(5-3-14)23-9-7-12(8-10-23)18(21)25/h1-6,11-12H,7-10H2,(H2,21,25)(H,22,26). The number of nitrogens with one attached hydrogen (secondary N) is 1. The van der Waals surface area contributed by atoms with Crippen LogP contribution < -0.4 is 16.0 Å². The number of hydrogen-bond acceptors (Lipinski definition) is 5. The number of piperidine rings is 1. The van der Waals surface area contributed by atoms with Crippen molar-refractivity contribution in [2.75, 3.05) is 23.3 Å². The summed E-state index contributed by atoms with van der Waals surface area (Å²) in [4.78, 5) is 36.1. The van der Waals surface area contributed by atoms with E-state index in [-0.39, 0.29) is 28.1 Å². The number of primary amides is 1. The van der Waals surface area contributed by atoms with Gasteiger partial charge in [0.15, 0.2) is 0 Å². The number of halogens is 1. The van der Waals surface area contributed by atoms with Crippen LogP contribution in [-0.4, -0.2) is 29.8 Å². The van der Waals surface area contributed by atoms with Crippen molar-refractivity contribution in [1.29, 1.82) is 0 Å². The molecule has 1 heterocycles. The molecule has 2 aromatic carbocycles. The van der Waals surface area contributed by atoms with Crippen molar-refractivity contribution in [1.82, 2.24) is 0 Å². The second kappa shape index (κ2) is 8.26. The van der Waals surface area contributed by atoms with Crippen LogP contribution in [0.2, 0.25) is 5.02 Å². The highest BCUT2D eigenvalue weighted by Gasteiger charge is 2.23. The quantitative estimate of drug-likeness (QED) is 0.588. The highest BCUT2D eigenvalue weighted by atomic mass is 35.5. The van der Waals surface area contributed by atoms with E-state index in [1.54, 1.807) is 12.1 Å². The minimum atomic E-state index is -0.630. The van der Waals surface area contributed by atoms with Gasteiger partial charge in [-0.2, -0.15) is 0 Å². The molecular weight excluding hydrogens is 384 g/mol. The molecule has 146 valence electrons.